The lowest BCUT2D eigenvalue weighted by Crippen LogP contribution is -2.32. The van der Waals surface area contributed by atoms with Gasteiger partial charge in [0.1, 0.15) is 0 Å². The zero-order valence-corrected chi connectivity index (χ0v) is 10.0. The molecule has 2 rings (SSSR count). The third-order valence-corrected chi connectivity index (χ3v) is 3.98. The molecular weight excluding hydrogens is 222 g/mol. The summed E-state index contributed by atoms with van der Waals surface area (Å²) in [4.78, 5) is 12.9. The lowest BCUT2D eigenvalue weighted by molar-refractivity contribution is -0.148. The SMILES string of the molecule is NC1CCCC1C(=O)OCCc1cccs1. The number of nitrogens with two attached hydrogens (primary N) is 1. The minimum Gasteiger partial charge on any atom is -0.465 e. The van der Waals surface area contributed by atoms with E-state index >= 15 is 0 Å². The molecule has 2 N–H and O–H groups in total. The summed E-state index contributed by atoms with van der Waals surface area (Å²) in [6.07, 6.45) is 3.70. The molecule has 1 aliphatic carbocycles. The Labute approximate surface area is 99.6 Å². The number of esters is 1. The number of rotatable bonds is 4. The molecule has 4 heteroatoms. The Morgan fingerprint density at radius 2 is 2.44 bits per heavy atom. The monoisotopic (exact) mass is 239 g/mol. The number of hydrogen-bond donors (Lipinski definition) is 1. The number of carbonyl (C=O) groups is 1. The van der Waals surface area contributed by atoms with E-state index in [1.165, 1.54) is 4.88 Å². The van der Waals surface area contributed by atoms with Gasteiger partial charge in [0, 0.05) is 17.3 Å². The van der Waals surface area contributed by atoms with E-state index in [2.05, 4.69) is 6.07 Å². The van der Waals surface area contributed by atoms with Crippen molar-refractivity contribution in [1.82, 2.24) is 0 Å². The van der Waals surface area contributed by atoms with E-state index in [1.54, 1.807) is 11.3 Å². The molecule has 88 valence electrons. The molecule has 0 aliphatic heterocycles. The molecule has 2 unspecified atom stereocenters. The van der Waals surface area contributed by atoms with E-state index in [1.807, 2.05) is 11.4 Å². The third-order valence-electron chi connectivity index (χ3n) is 3.05. The van der Waals surface area contributed by atoms with Gasteiger partial charge in [-0.1, -0.05) is 12.5 Å². The molecule has 3 nitrogen and oxygen atoms in total. The smallest absolute Gasteiger partial charge is 0.310 e. The minimum atomic E-state index is -0.110. The van der Waals surface area contributed by atoms with Crippen LogP contribution in [0.25, 0.3) is 0 Å². The molecule has 0 radical (unpaired) electrons. The van der Waals surface area contributed by atoms with Crippen LogP contribution >= 0.6 is 11.3 Å². The summed E-state index contributed by atoms with van der Waals surface area (Å²) in [5.74, 6) is -0.176. The number of ether oxygens (including phenoxy) is 1. The first kappa shape index (κ1) is 11.6. The second kappa shape index (κ2) is 5.46. The lowest BCUT2D eigenvalue weighted by Gasteiger charge is -2.13. The van der Waals surface area contributed by atoms with Crippen LogP contribution in [0.4, 0.5) is 0 Å². The largest absolute Gasteiger partial charge is 0.465 e. The van der Waals surface area contributed by atoms with Crippen molar-refractivity contribution in [2.45, 2.75) is 31.7 Å². The van der Waals surface area contributed by atoms with Crippen LogP contribution in [0, 0.1) is 5.92 Å². The van der Waals surface area contributed by atoms with E-state index in [9.17, 15) is 4.79 Å². The topological polar surface area (TPSA) is 52.3 Å². The molecule has 16 heavy (non-hydrogen) atoms. The molecule has 0 spiro atoms. The van der Waals surface area contributed by atoms with Gasteiger partial charge in [-0.3, -0.25) is 4.79 Å². The van der Waals surface area contributed by atoms with Gasteiger partial charge in [0.25, 0.3) is 0 Å². The summed E-state index contributed by atoms with van der Waals surface area (Å²) in [6, 6.07) is 4.07. The zero-order chi connectivity index (χ0) is 11.4. The highest BCUT2D eigenvalue weighted by molar-refractivity contribution is 7.09. The molecule has 1 heterocycles. The van der Waals surface area contributed by atoms with Crippen LogP contribution in [0.2, 0.25) is 0 Å². The Hall–Kier alpha value is -0.870. The maximum atomic E-state index is 11.7. The summed E-state index contributed by atoms with van der Waals surface area (Å²) in [6.45, 7) is 0.475. The predicted octanol–water partition coefficient (Wildman–Crippen LogP) is 1.96. The molecular formula is C12H17NO2S. The van der Waals surface area contributed by atoms with Gasteiger partial charge in [0.2, 0.25) is 0 Å². The van der Waals surface area contributed by atoms with Gasteiger partial charge in [0.15, 0.2) is 0 Å². The van der Waals surface area contributed by atoms with Gasteiger partial charge in [-0.2, -0.15) is 0 Å². The highest BCUT2D eigenvalue weighted by Gasteiger charge is 2.31. The van der Waals surface area contributed by atoms with Gasteiger partial charge >= 0.3 is 5.97 Å². The van der Waals surface area contributed by atoms with Gasteiger partial charge in [-0.25, -0.2) is 0 Å². The number of thiophene rings is 1. The van der Waals surface area contributed by atoms with Crippen LogP contribution in [-0.4, -0.2) is 18.6 Å². The quantitative estimate of drug-likeness (QED) is 0.817. The average molecular weight is 239 g/mol. The molecule has 0 saturated heterocycles. The van der Waals surface area contributed by atoms with Crippen LogP contribution in [0.1, 0.15) is 24.1 Å². The molecule has 0 amide bonds. The van der Waals surface area contributed by atoms with Crippen molar-refractivity contribution in [3.63, 3.8) is 0 Å². The summed E-state index contributed by atoms with van der Waals surface area (Å²) < 4.78 is 5.26. The van der Waals surface area contributed by atoms with Gasteiger partial charge in [-0.15, -0.1) is 11.3 Å². The highest BCUT2D eigenvalue weighted by Crippen LogP contribution is 2.25. The summed E-state index contributed by atoms with van der Waals surface area (Å²) in [5.41, 5.74) is 5.85. The van der Waals surface area contributed by atoms with Crippen molar-refractivity contribution in [3.8, 4) is 0 Å². The van der Waals surface area contributed by atoms with Crippen molar-refractivity contribution in [1.29, 1.82) is 0 Å². The number of carbonyl (C=O) groups excluding carboxylic acids is 1. The Bertz CT molecular complexity index is 337. The van der Waals surface area contributed by atoms with Crippen LogP contribution in [0.15, 0.2) is 17.5 Å². The molecule has 1 aromatic rings. The first-order valence-corrected chi connectivity index (χ1v) is 6.60. The van der Waals surface area contributed by atoms with E-state index in [4.69, 9.17) is 10.5 Å². The molecule has 1 fully saturated rings. The molecule has 2 atom stereocenters. The van der Waals surface area contributed by atoms with Gasteiger partial charge < -0.3 is 10.5 Å². The van der Waals surface area contributed by atoms with Crippen LogP contribution in [0.5, 0.6) is 0 Å². The maximum Gasteiger partial charge on any atom is 0.310 e. The van der Waals surface area contributed by atoms with Crippen molar-refractivity contribution in [3.05, 3.63) is 22.4 Å². The predicted molar refractivity (Wildman–Crippen MR) is 64.3 cm³/mol. The fourth-order valence-electron chi connectivity index (χ4n) is 2.10. The average Bonchev–Trinajstić information content (AvgIpc) is 2.88. The molecule has 0 bridgehead atoms. The Morgan fingerprint density at radius 1 is 1.56 bits per heavy atom. The standard InChI is InChI=1S/C12H17NO2S/c13-11-5-1-4-10(11)12(14)15-7-6-9-3-2-8-16-9/h2-3,8,10-11H,1,4-7,13H2. The fourth-order valence-corrected chi connectivity index (χ4v) is 2.79. The fraction of sp³-hybridized carbons (Fsp3) is 0.583. The lowest BCUT2D eigenvalue weighted by atomic mass is 10.1. The van der Waals surface area contributed by atoms with E-state index in [0.717, 1.165) is 25.7 Å². The van der Waals surface area contributed by atoms with Gasteiger partial charge in [0.05, 0.1) is 12.5 Å². The van der Waals surface area contributed by atoms with Crippen molar-refractivity contribution < 1.29 is 9.53 Å². The van der Waals surface area contributed by atoms with E-state index < -0.39 is 0 Å². The number of hydrogen-bond acceptors (Lipinski definition) is 4. The molecule has 0 aromatic carbocycles. The summed E-state index contributed by atoms with van der Waals surface area (Å²) in [7, 11) is 0. The Kier molecular flexibility index (Phi) is 3.96. The molecule has 1 saturated carbocycles. The van der Waals surface area contributed by atoms with Crippen LogP contribution < -0.4 is 5.73 Å². The van der Waals surface area contributed by atoms with E-state index in [0.29, 0.717) is 6.61 Å². The Morgan fingerprint density at radius 3 is 3.06 bits per heavy atom. The van der Waals surface area contributed by atoms with E-state index in [-0.39, 0.29) is 17.9 Å². The summed E-state index contributed by atoms with van der Waals surface area (Å²) >= 11 is 1.69. The minimum absolute atomic E-state index is 0.00855. The third kappa shape index (κ3) is 2.83. The van der Waals surface area contributed by atoms with Crippen LogP contribution in [-0.2, 0) is 16.0 Å². The normalized spacial score (nSPS) is 24.6. The molecule has 1 aliphatic rings. The van der Waals surface area contributed by atoms with Gasteiger partial charge in [-0.05, 0) is 24.3 Å². The van der Waals surface area contributed by atoms with Crippen molar-refractivity contribution >= 4 is 17.3 Å². The summed E-state index contributed by atoms with van der Waals surface area (Å²) in [5, 5.41) is 2.03. The highest BCUT2D eigenvalue weighted by atomic mass is 32.1. The second-order valence-corrected chi connectivity index (χ2v) is 5.23. The van der Waals surface area contributed by atoms with Crippen LogP contribution in [0.3, 0.4) is 0 Å². The first-order valence-electron chi connectivity index (χ1n) is 5.72. The van der Waals surface area contributed by atoms with Crippen molar-refractivity contribution in [2.24, 2.45) is 11.7 Å². The first-order chi connectivity index (χ1) is 7.77. The second-order valence-electron chi connectivity index (χ2n) is 4.20. The molecule has 1 aromatic heterocycles. The Balaban J connectivity index is 1.71. The maximum absolute atomic E-state index is 11.7. The zero-order valence-electron chi connectivity index (χ0n) is 9.22. The van der Waals surface area contributed by atoms with Crippen molar-refractivity contribution in [2.75, 3.05) is 6.61 Å².